The zero-order valence-corrected chi connectivity index (χ0v) is 12.6. The highest BCUT2D eigenvalue weighted by molar-refractivity contribution is 5.95. The standard InChI is InChI=1S/C18H22N2O/c1-3-19-14(2)13-18(21)20-17-12-8-7-11-16(17)15-9-5-4-6-10-15/h4-12,14,19H,3,13H2,1-2H3,(H,20,21). The number of benzene rings is 2. The number of carbonyl (C=O) groups excluding carboxylic acids is 1. The number of nitrogens with one attached hydrogen (secondary N) is 2. The van der Waals surface area contributed by atoms with Crippen LogP contribution in [0.2, 0.25) is 0 Å². The van der Waals surface area contributed by atoms with Crippen LogP contribution in [0.25, 0.3) is 11.1 Å². The summed E-state index contributed by atoms with van der Waals surface area (Å²) in [5, 5.41) is 6.27. The van der Waals surface area contributed by atoms with Gasteiger partial charge in [-0.05, 0) is 25.1 Å². The highest BCUT2D eigenvalue weighted by atomic mass is 16.1. The van der Waals surface area contributed by atoms with Crippen molar-refractivity contribution in [2.45, 2.75) is 26.3 Å². The highest BCUT2D eigenvalue weighted by Crippen LogP contribution is 2.27. The van der Waals surface area contributed by atoms with E-state index < -0.39 is 0 Å². The summed E-state index contributed by atoms with van der Waals surface area (Å²) in [5.41, 5.74) is 3.01. The number of anilines is 1. The van der Waals surface area contributed by atoms with Crippen molar-refractivity contribution >= 4 is 11.6 Å². The zero-order chi connectivity index (χ0) is 15.1. The van der Waals surface area contributed by atoms with Crippen LogP contribution >= 0.6 is 0 Å². The molecule has 2 rings (SSSR count). The molecule has 0 saturated carbocycles. The number of hydrogen-bond donors (Lipinski definition) is 2. The van der Waals surface area contributed by atoms with Crippen LogP contribution in [0.5, 0.6) is 0 Å². The van der Waals surface area contributed by atoms with Crippen molar-refractivity contribution in [1.29, 1.82) is 0 Å². The van der Waals surface area contributed by atoms with Gasteiger partial charge in [-0.25, -0.2) is 0 Å². The number of para-hydroxylation sites is 1. The van der Waals surface area contributed by atoms with Crippen LogP contribution in [-0.2, 0) is 4.79 Å². The minimum Gasteiger partial charge on any atom is -0.325 e. The molecule has 0 bridgehead atoms. The molecule has 0 aromatic heterocycles. The molecule has 21 heavy (non-hydrogen) atoms. The Kier molecular flexibility index (Phi) is 5.52. The van der Waals surface area contributed by atoms with Crippen molar-refractivity contribution in [3.05, 3.63) is 54.6 Å². The molecule has 3 nitrogen and oxygen atoms in total. The largest absolute Gasteiger partial charge is 0.325 e. The Bertz CT molecular complexity index is 581. The monoisotopic (exact) mass is 282 g/mol. The molecule has 2 N–H and O–H groups in total. The van der Waals surface area contributed by atoms with Crippen molar-refractivity contribution in [2.24, 2.45) is 0 Å². The summed E-state index contributed by atoms with van der Waals surface area (Å²) in [5.74, 6) is 0.0341. The van der Waals surface area contributed by atoms with Gasteiger partial charge in [-0.2, -0.15) is 0 Å². The first-order valence-electron chi connectivity index (χ1n) is 7.38. The van der Waals surface area contributed by atoms with E-state index in [2.05, 4.69) is 10.6 Å². The van der Waals surface area contributed by atoms with E-state index in [1.54, 1.807) is 0 Å². The van der Waals surface area contributed by atoms with Gasteiger partial charge < -0.3 is 10.6 Å². The van der Waals surface area contributed by atoms with E-state index in [4.69, 9.17) is 0 Å². The van der Waals surface area contributed by atoms with E-state index in [0.29, 0.717) is 6.42 Å². The lowest BCUT2D eigenvalue weighted by Gasteiger charge is -2.14. The third kappa shape index (κ3) is 4.43. The Labute approximate surface area is 126 Å². The molecule has 2 aromatic carbocycles. The third-order valence-electron chi connectivity index (χ3n) is 3.33. The SMILES string of the molecule is CCNC(C)CC(=O)Nc1ccccc1-c1ccccc1. The fraction of sp³-hybridized carbons (Fsp3) is 0.278. The average Bonchev–Trinajstić information content (AvgIpc) is 2.48. The molecule has 0 saturated heterocycles. The van der Waals surface area contributed by atoms with Crippen LogP contribution in [0.3, 0.4) is 0 Å². The first-order valence-corrected chi connectivity index (χ1v) is 7.38. The van der Waals surface area contributed by atoms with Gasteiger partial charge in [0.25, 0.3) is 0 Å². The molecule has 1 amide bonds. The second kappa shape index (κ2) is 7.60. The Morgan fingerprint density at radius 3 is 2.43 bits per heavy atom. The van der Waals surface area contributed by atoms with Gasteiger partial charge >= 0.3 is 0 Å². The predicted molar refractivity (Wildman–Crippen MR) is 88.3 cm³/mol. The summed E-state index contributed by atoms with van der Waals surface area (Å²) in [6.45, 7) is 4.93. The lowest BCUT2D eigenvalue weighted by molar-refractivity contribution is -0.116. The van der Waals surface area contributed by atoms with Crippen molar-refractivity contribution in [1.82, 2.24) is 5.32 Å². The van der Waals surface area contributed by atoms with Crippen molar-refractivity contribution in [2.75, 3.05) is 11.9 Å². The highest BCUT2D eigenvalue weighted by Gasteiger charge is 2.10. The van der Waals surface area contributed by atoms with Gasteiger partial charge in [0.05, 0.1) is 0 Å². The van der Waals surface area contributed by atoms with Gasteiger partial charge in [0, 0.05) is 23.7 Å². The number of amides is 1. The number of hydrogen-bond acceptors (Lipinski definition) is 2. The smallest absolute Gasteiger partial charge is 0.225 e. The van der Waals surface area contributed by atoms with Gasteiger partial charge in [0.2, 0.25) is 5.91 Å². The van der Waals surface area contributed by atoms with Gasteiger partial charge in [-0.3, -0.25) is 4.79 Å². The van der Waals surface area contributed by atoms with E-state index in [0.717, 1.165) is 23.4 Å². The molecule has 2 aromatic rings. The van der Waals surface area contributed by atoms with Crippen LogP contribution in [0.4, 0.5) is 5.69 Å². The first-order chi connectivity index (χ1) is 10.2. The maximum Gasteiger partial charge on any atom is 0.225 e. The summed E-state index contributed by atoms with van der Waals surface area (Å²) >= 11 is 0. The van der Waals surface area contributed by atoms with Crippen molar-refractivity contribution in [3.63, 3.8) is 0 Å². The maximum absolute atomic E-state index is 12.1. The number of carbonyl (C=O) groups is 1. The van der Waals surface area contributed by atoms with E-state index in [1.165, 1.54) is 0 Å². The second-order valence-corrected chi connectivity index (χ2v) is 5.12. The second-order valence-electron chi connectivity index (χ2n) is 5.12. The normalized spacial score (nSPS) is 11.9. The minimum atomic E-state index is 0.0341. The molecule has 1 unspecified atom stereocenters. The van der Waals surface area contributed by atoms with Gasteiger partial charge in [-0.1, -0.05) is 55.5 Å². The Hall–Kier alpha value is -2.13. The molecular formula is C18H22N2O. The molecule has 110 valence electrons. The van der Waals surface area contributed by atoms with Crippen LogP contribution in [-0.4, -0.2) is 18.5 Å². The zero-order valence-electron chi connectivity index (χ0n) is 12.6. The Morgan fingerprint density at radius 1 is 1.05 bits per heavy atom. The third-order valence-corrected chi connectivity index (χ3v) is 3.33. The topological polar surface area (TPSA) is 41.1 Å². The molecule has 0 spiro atoms. The van der Waals surface area contributed by atoms with E-state index in [-0.39, 0.29) is 11.9 Å². The molecule has 3 heteroatoms. The molecule has 0 aliphatic heterocycles. The van der Waals surface area contributed by atoms with Gasteiger partial charge in [0.15, 0.2) is 0 Å². The van der Waals surface area contributed by atoms with Gasteiger partial charge in [0.1, 0.15) is 0 Å². The quantitative estimate of drug-likeness (QED) is 0.848. The van der Waals surface area contributed by atoms with Crippen molar-refractivity contribution in [3.8, 4) is 11.1 Å². The van der Waals surface area contributed by atoms with E-state index in [1.807, 2.05) is 68.4 Å². The lowest BCUT2D eigenvalue weighted by Crippen LogP contribution is -2.30. The van der Waals surface area contributed by atoms with Crippen LogP contribution < -0.4 is 10.6 Å². The van der Waals surface area contributed by atoms with E-state index >= 15 is 0 Å². The van der Waals surface area contributed by atoms with Crippen LogP contribution in [0.1, 0.15) is 20.3 Å². The van der Waals surface area contributed by atoms with E-state index in [9.17, 15) is 4.79 Å². The summed E-state index contributed by atoms with van der Waals surface area (Å²) in [6.07, 6.45) is 0.469. The Balaban J connectivity index is 2.12. The Morgan fingerprint density at radius 2 is 1.71 bits per heavy atom. The maximum atomic E-state index is 12.1. The number of rotatable bonds is 6. The first kappa shape index (κ1) is 15.3. The average molecular weight is 282 g/mol. The molecule has 0 heterocycles. The summed E-state index contributed by atoms with van der Waals surface area (Å²) < 4.78 is 0. The summed E-state index contributed by atoms with van der Waals surface area (Å²) in [7, 11) is 0. The van der Waals surface area contributed by atoms with Crippen molar-refractivity contribution < 1.29 is 4.79 Å². The molecule has 0 aliphatic carbocycles. The summed E-state index contributed by atoms with van der Waals surface area (Å²) in [6, 6.07) is 18.2. The molecular weight excluding hydrogens is 260 g/mol. The van der Waals surface area contributed by atoms with Gasteiger partial charge in [-0.15, -0.1) is 0 Å². The van der Waals surface area contributed by atoms with Crippen LogP contribution in [0.15, 0.2) is 54.6 Å². The molecule has 0 aliphatic rings. The molecule has 1 atom stereocenters. The summed E-state index contributed by atoms with van der Waals surface area (Å²) in [4.78, 5) is 12.1. The fourth-order valence-electron chi connectivity index (χ4n) is 2.36. The van der Waals surface area contributed by atoms with Crippen LogP contribution in [0, 0.1) is 0 Å². The molecule has 0 fully saturated rings. The lowest BCUT2D eigenvalue weighted by atomic mass is 10.0. The fourth-order valence-corrected chi connectivity index (χ4v) is 2.36. The molecule has 0 radical (unpaired) electrons. The predicted octanol–water partition coefficient (Wildman–Crippen LogP) is 3.68. The minimum absolute atomic E-state index is 0.0341.